The lowest BCUT2D eigenvalue weighted by Gasteiger charge is -2.35. The number of halogens is 1. The number of hydrogen-bond acceptors (Lipinski definition) is 6. The van der Waals surface area contributed by atoms with Crippen molar-refractivity contribution in [2.45, 2.75) is 44.0 Å². The molecule has 6 nitrogen and oxygen atoms in total. The van der Waals surface area contributed by atoms with Gasteiger partial charge in [-0.3, -0.25) is 9.98 Å². The van der Waals surface area contributed by atoms with Crippen molar-refractivity contribution in [2.24, 2.45) is 21.9 Å². The molecule has 2 N–H and O–H groups in total. The third-order valence-electron chi connectivity index (χ3n) is 4.87. The summed E-state index contributed by atoms with van der Waals surface area (Å²) >= 11 is 6.33. The molecule has 3 aliphatic rings. The van der Waals surface area contributed by atoms with Crippen LogP contribution in [0.1, 0.15) is 43.4 Å². The second-order valence-electron chi connectivity index (χ2n) is 7.00. The highest BCUT2D eigenvalue weighted by atomic mass is 35.5. The summed E-state index contributed by atoms with van der Waals surface area (Å²) in [6.07, 6.45) is 8.63. The molecule has 2 aliphatic carbocycles. The molecule has 2 heterocycles. The monoisotopic (exact) mass is 372 g/mol. The number of hydrazone groups is 1. The zero-order valence-corrected chi connectivity index (χ0v) is 15.2. The molecule has 2 saturated carbocycles. The smallest absolute Gasteiger partial charge is 0.177 e. The minimum absolute atomic E-state index is 0.0623. The van der Waals surface area contributed by atoms with Gasteiger partial charge in [0.05, 0.1) is 30.0 Å². The maximum Gasteiger partial charge on any atom is 0.177 e. The number of aliphatic imine (C=N–C) groups is 1. The van der Waals surface area contributed by atoms with Crippen LogP contribution < -0.4 is 5.84 Å². The molecule has 1 aliphatic heterocycles. The van der Waals surface area contributed by atoms with Crippen LogP contribution in [0.15, 0.2) is 22.4 Å². The van der Waals surface area contributed by atoms with E-state index in [9.17, 15) is 0 Å². The van der Waals surface area contributed by atoms with Gasteiger partial charge >= 0.3 is 0 Å². The molecule has 1 unspecified atom stereocenters. The van der Waals surface area contributed by atoms with Crippen LogP contribution in [0.2, 0.25) is 5.02 Å². The molecule has 0 amide bonds. The van der Waals surface area contributed by atoms with Crippen molar-refractivity contribution in [2.75, 3.05) is 13.2 Å². The second kappa shape index (κ2) is 7.36. The highest BCUT2D eigenvalue weighted by molar-refractivity contribution is 6.43. The standard InChI is InChI=1S/C19H21ClN4O2/c20-15-8-14(5-4-13-2-3-13)9-23-18(15)16(24-21)10-22-11-17-25-12-19(26-17)6-1-7-19/h8-10,13,17H,1-3,6-7,11-12,21H2/b22-10?,24-16+. The van der Waals surface area contributed by atoms with Crippen LogP contribution in [0, 0.1) is 17.8 Å². The van der Waals surface area contributed by atoms with Crippen LogP contribution in [0.3, 0.4) is 0 Å². The van der Waals surface area contributed by atoms with Crippen LogP contribution >= 0.6 is 11.6 Å². The van der Waals surface area contributed by atoms with Crippen molar-refractivity contribution in [3.05, 3.63) is 28.5 Å². The van der Waals surface area contributed by atoms with Crippen LogP contribution in [-0.4, -0.2) is 42.0 Å². The van der Waals surface area contributed by atoms with Crippen molar-refractivity contribution < 1.29 is 9.47 Å². The number of nitrogens with zero attached hydrogens (tertiary/aromatic N) is 3. The van der Waals surface area contributed by atoms with Crippen molar-refractivity contribution in [3.8, 4) is 11.8 Å². The minimum Gasteiger partial charge on any atom is -0.348 e. The van der Waals surface area contributed by atoms with Crippen LogP contribution in [0.5, 0.6) is 0 Å². The Balaban J connectivity index is 1.38. The number of rotatable bonds is 4. The Bertz CT molecular complexity index is 803. The third-order valence-corrected chi connectivity index (χ3v) is 5.16. The average molecular weight is 373 g/mol. The van der Waals surface area contributed by atoms with Crippen molar-refractivity contribution in [1.82, 2.24) is 4.98 Å². The topological polar surface area (TPSA) is 82.1 Å². The quantitative estimate of drug-likeness (QED) is 0.381. The van der Waals surface area contributed by atoms with Crippen LogP contribution in [0.25, 0.3) is 0 Å². The fraction of sp³-hybridized carbons (Fsp3) is 0.526. The molecular weight excluding hydrogens is 352 g/mol. The Labute approximate surface area is 157 Å². The van der Waals surface area contributed by atoms with E-state index in [4.69, 9.17) is 26.9 Å². The molecule has 136 valence electrons. The van der Waals surface area contributed by atoms with Gasteiger partial charge in [-0.2, -0.15) is 5.10 Å². The lowest BCUT2D eigenvalue weighted by molar-refractivity contribution is -0.110. The normalized spacial score (nSPS) is 24.5. The average Bonchev–Trinajstić information content (AvgIpc) is 3.34. The maximum atomic E-state index is 6.33. The van der Waals surface area contributed by atoms with Gasteiger partial charge in [-0.25, -0.2) is 0 Å². The molecule has 4 rings (SSSR count). The van der Waals surface area contributed by atoms with Crippen molar-refractivity contribution in [3.63, 3.8) is 0 Å². The summed E-state index contributed by atoms with van der Waals surface area (Å²) in [6.45, 7) is 1.05. The molecule has 1 saturated heterocycles. The number of hydrogen-bond donors (Lipinski definition) is 1. The Morgan fingerprint density at radius 2 is 2.31 bits per heavy atom. The summed E-state index contributed by atoms with van der Waals surface area (Å²) in [5.41, 5.74) is 1.62. The van der Waals surface area contributed by atoms with Gasteiger partial charge < -0.3 is 15.3 Å². The summed E-state index contributed by atoms with van der Waals surface area (Å²) in [4.78, 5) is 8.69. The number of nitrogens with two attached hydrogens (primary N) is 1. The van der Waals surface area contributed by atoms with Gasteiger partial charge in [-0.1, -0.05) is 23.4 Å². The van der Waals surface area contributed by atoms with Crippen LogP contribution in [-0.2, 0) is 9.47 Å². The van der Waals surface area contributed by atoms with Gasteiger partial charge in [0.2, 0.25) is 0 Å². The first-order valence-corrected chi connectivity index (χ1v) is 9.30. The summed E-state index contributed by atoms with van der Waals surface area (Å²) < 4.78 is 11.6. The zero-order valence-electron chi connectivity index (χ0n) is 14.4. The largest absolute Gasteiger partial charge is 0.348 e. The SMILES string of the molecule is N/N=C(\C=NCC1OCC2(CCC2)O1)c1ncc(C#CC2CC2)cc1Cl. The fourth-order valence-electron chi connectivity index (χ4n) is 3.00. The summed E-state index contributed by atoms with van der Waals surface area (Å²) in [6, 6.07) is 1.78. The van der Waals surface area contributed by atoms with Gasteiger partial charge in [0.1, 0.15) is 11.4 Å². The van der Waals surface area contributed by atoms with E-state index in [1.807, 2.05) is 0 Å². The van der Waals surface area contributed by atoms with Crippen molar-refractivity contribution >= 4 is 23.5 Å². The van der Waals surface area contributed by atoms with E-state index in [1.54, 1.807) is 18.5 Å². The summed E-state index contributed by atoms with van der Waals surface area (Å²) in [5.74, 6) is 12.3. The van der Waals surface area contributed by atoms with E-state index in [2.05, 4.69) is 26.9 Å². The van der Waals surface area contributed by atoms with Gasteiger partial charge in [-0.05, 0) is 38.2 Å². The lowest BCUT2D eigenvalue weighted by atomic mass is 9.81. The van der Waals surface area contributed by atoms with Crippen LogP contribution in [0.4, 0.5) is 0 Å². The molecule has 0 radical (unpaired) electrons. The Hall–Kier alpha value is -1.94. The zero-order chi connectivity index (χ0) is 18.0. The predicted octanol–water partition coefficient (Wildman–Crippen LogP) is 2.53. The molecule has 1 spiro atoms. The van der Waals surface area contributed by atoms with E-state index >= 15 is 0 Å². The molecule has 1 aromatic rings. The van der Waals surface area contributed by atoms with Gasteiger partial charge in [0.15, 0.2) is 6.29 Å². The first kappa shape index (κ1) is 17.5. The Kier molecular flexibility index (Phi) is 4.94. The number of aromatic nitrogens is 1. The van der Waals surface area contributed by atoms with Gasteiger partial charge in [0, 0.05) is 17.7 Å². The molecule has 0 bridgehead atoms. The highest BCUT2D eigenvalue weighted by Gasteiger charge is 2.45. The molecule has 3 fully saturated rings. The Morgan fingerprint density at radius 1 is 1.46 bits per heavy atom. The fourth-order valence-corrected chi connectivity index (χ4v) is 3.27. The van der Waals surface area contributed by atoms with Gasteiger partial charge in [0.25, 0.3) is 0 Å². The Morgan fingerprint density at radius 3 is 2.92 bits per heavy atom. The van der Waals surface area contributed by atoms with E-state index in [0.29, 0.717) is 35.5 Å². The third kappa shape index (κ3) is 3.90. The van der Waals surface area contributed by atoms with E-state index in [-0.39, 0.29) is 11.9 Å². The van der Waals surface area contributed by atoms with Crippen molar-refractivity contribution in [1.29, 1.82) is 0 Å². The molecule has 0 aromatic carbocycles. The molecular formula is C19H21ClN4O2. The first-order chi connectivity index (χ1) is 12.7. The minimum atomic E-state index is -0.311. The first-order valence-electron chi connectivity index (χ1n) is 8.92. The van der Waals surface area contributed by atoms with Gasteiger partial charge in [-0.15, -0.1) is 0 Å². The molecule has 7 heteroatoms. The van der Waals surface area contributed by atoms with E-state index < -0.39 is 0 Å². The number of ether oxygens (including phenoxy) is 2. The second-order valence-corrected chi connectivity index (χ2v) is 7.41. The van der Waals surface area contributed by atoms with E-state index in [1.165, 1.54) is 19.3 Å². The predicted molar refractivity (Wildman–Crippen MR) is 100 cm³/mol. The van der Waals surface area contributed by atoms with E-state index in [0.717, 1.165) is 18.4 Å². The molecule has 26 heavy (non-hydrogen) atoms. The molecule has 1 atom stereocenters. The number of pyridine rings is 1. The maximum absolute atomic E-state index is 6.33. The summed E-state index contributed by atoms with van der Waals surface area (Å²) in [5, 5.41) is 4.20. The summed E-state index contributed by atoms with van der Waals surface area (Å²) in [7, 11) is 0. The highest BCUT2D eigenvalue weighted by Crippen LogP contribution is 2.40. The lowest BCUT2D eigenvalue weighted by Crippen LogP contribution is -2.39. The molecule has 1 aromatic heterocycles.